The van der Waals surface area contributed by atoms with Crippen molar-refractivity contribution in [1.29, 1.82) is 0 Å². The van der Waals surface area contributed by atoms with Gasteiger partial charge in [0, 0.05) is 5.92 Å². The number of hydrogen-bond acceptors (Lipinski definition) is 0. The maximum absolute atomic E-state index is 12.6. The summed E-state index contributed by atoms with van der Waals surface area (Å²) in [4.78, 5) is 0. The van der Waals surface area contributed by atoms with Crippen LogP contribution in [0.1, 0.15) is 43.4 Å². The predicted molar refractivity (Wildman–Crippen MR) is 59.6 cm³/mol. The van der Waals surface area contributed by atoms with Gasteiger partial charge in [-0.3, -0.25) is 4.39 Å². The van der Waals surface area contributed by atoms with Crippen molar-refractivity contribution in [2.24, 2.45) is 0 Å². The molecule has 1 aromatic rings. The minimum Gasteiger partial charge on any atom is -0.250 e. The number of alkyl halides is 1. The van der Waals surface area contributed by atoms with Gasteiger partial charge in [-0.2, -0.15) is 0 Å². The second-order valence-corrected chi connectivity index (χ2v) is 3.75. The molecule has 0 fully saturated rings. The largest absolute Gasteiger partial charge is 0.250 e. The molecular formula is C13H19F. The molecule has 1 aromatic carbocycles. The van der Waals surface area contributed by atoms with E-state index in [9.17, 15) is 4.39 Å². The van der Waals surface area contributed by atoms with Gasteiger partial charge in [-0.05, 0) is 29.5 Å². The van der Waals surface area contributed by atoms with Crippen molar-refractivity contribution in [2.75, 3.05) is 6.67 Å². The topological polar surface area (TPSA) is 0 Å². The van der Waals surface area contributed by atoms with E-state index < -0.39 is 0 Å². The first kappa shape index (κ1) is 11.2. The standard InChI is InChI=1S/C13H19F/c1-4-11-7-6-8-13(10(3)9-14)12(11)5-2/h6-8,10H,4-5,9H2,1-3H3. The molecule has 0 amide bonds. The van der Waals surface area contributed by atoms with E-state index in [4.69, 9.17) is 0 Å². The molecule has 1 unspecified atom stereocenters. The van der Waals surface area contributed by atoms with Crippen LogP contribution >= 0.6 is 0 Å². The Labute approximate surface area is 86.2 Å². The Hall–Kier alpha value is -0.850. The SMILES string of the molecule is CCc1cccc(C(C)CF)c1CC. The summed E-state index contributed by atoms with van der Waals surface area (Å²) in [5, 5.41) is 0. The van der Waals surface area contributed by atoms with Gasteiger partial charge in [0.25, 0.3) is 0 Å². The molecule has 78 valence electrons. The van der Waals surface area contributed by atoms with Crippen molar-refractivity contribution in [2.45, 2.75) is 39.5 Å². The monoisotopic (exact) mass is 194 g/mol. The van der Waals surface area contributed by atoms with Crippen molar-refractivity contribution in [3.8, 4) is 0 Å². The first-order valence-corrected chi connectivity index (χ1v) is 5.41. The number of rotatable bonds is 4. The molecular weight excluding hydrogens is 175 g/mol. The summed E-state index contributed by atoms with van der Waals surface area (Å²) in [6.07, 6.45) is 2.04. The van der Waals surface area contributed by atoms with Gasteiger partial charge in [0.15, 0.2) is 0 Å². The van der Waals surface area contributed by atoms with E-state index >= 15 is 0 Å². The maximum Gasteiger partial charge on any atom is 0.0960 e. The lowest BCUT2D eigenvalue weighted by molar-refractivity contribution is 0.445. The second-order valence-electron chi connectivity index (χ2n) is 3.75. The Morgan fingerprint density at radius 1 is 1.21 bits per heavy atom. The third-order valence-corrected chi connectivity index (χ3v) is 2.81. The number of halogens is 1. The van der Waals surface area contributed by atoms with E-state index in [2.05, 4.69) is 26.0 Å². The van der Waals surface area contributed by atoms with E-state index in [1.165, 1.54) is 16.7 Å². The molecule has 0 saturated carbocycles. The Balaban J connectivity index is 3.14. The molecule has 1 heteroatoms. The first-order chi connectivity index (χ1) is 6.74. The van der Waals surface area contributed by atoms with Crippen LogP contribution in [-0.4, -0.2) is 6.67 Å². The third-order valence-electron chi connectivity index (χ3n) is 2.81. The van der Waals surface area contributed by atoms with Crippen molar-refractivity contribution in [3.63, 3.8) is 0 Å². The van der Waals surface area contributed by atoms with Gasteiger partial charge in [-0.25, -0.2) is 0 Å². The lowest BCUT2D eigenvalue weighted by atomic mass is 9.90. The van der Waals surface area contributed by atoms with Gasteiger partial charge in [0.1, 0.15) is 0 Å². The van der Waals surface area contributed by atoms with Gasteiger partial charge in [0.2, 0.25) is 0 Å². The Bertz CT molecular complexity index is 291. The number of hydrogen-bond donors (Lipinski definition) is 0. The van der Waals surface area contributed by atoms with Gasteiger partial charge in [0.05, 0.1) is 6.67 Å². The quantitative estimate of drug-likeness (QED) is 0.682. The average molecular weight is 194 g/mol. The zero-order chi connectivity index (χ0) is 10.6. The van der Waals surface area contributed by atoms with Gasteiger partial charge < -0.3 is 0 Å². The Morgan fingerprint density at radius 3 is 2.43 bits per heavy atom. The summed E-state index contributed by atoms with van der Waals surface area (Å²) in [6.45, 7) is 5.98. The first-order valence-electron chi connectivity index (χ1n) is 5.41. The molecule has 0 saturated heterocycles. The smallest absolute Gasteiger partial charge is 0.0960 e. The molecule has 0 aliphatic heterocycles. The summed E-state index contributed by atoms with van der Waals surface area (Å²) < 4.78 is 12.6. The van der Waals surface area contributed by atoms with Crippen LogP contribution in [0.5, 0.6) is 0 Å². The zero-order valence-electron chi connectivity index (χ0n) is 9.31. The molecule has 0 aliphatic rings. The Morgan fingerprint density at radius 2 is 1.93 bits per heavy atom. The molecule has 0 heterocycles. The van der Waals surface area contributed by atoms with Gasteiger partial charge in [-0.1, -0.05) is 39.0 Å². The summed E-state index contributed by atoms with van der Waals surface area (Å²) in [6, 6.07) is 6.25. The summed E-state index contributed by atoms with van der Waals surface area (Å²) in [7, 11) is 0. The van der Waals surface area contributed by atoms with Crippen LogP contribution < -0.4 is 0 Å². The fourth-order valence-corrected chi connectivity index (χ4v) is 1.96. The van der Waals surface area contributed by atoms with Gasteiger partial charge in [-0.15, -0.1) is 0 Å². The van der Waals surface area contributed by atoms with E-state index in [1.54, 1.807) is 0 Å². The molecule has 14 heavy (non-hydrogen) atoms. The minimum absolute atomic E-state index is 0.0384. The summed E-state index contributed by atoms with van der Waals surface area (Å²) in [5.74, 6) is 0.0384. The normalized spacial score (nSPS) is 12.9. The van der Waals surface area contributed by atoms with Crippen molar-refractivity contribution in [3.05, 3.63) is 34.9 Å². The minimum atomic E-state index is -0.264. The molecule has 0 N–H and O–H groups in total. The van der Waals surface area contributed by atoms with E-state index in [1.807, 2.05) is 13.0 Å². The predicted octanol–water partition coefficient (Wildman–Crippen LogP) is 3.88. The molecule has 0 bridgehead atoms. The zero-order valence-corrected chi connectivity index (χ0v) is 9.31. The van der Waals surface area contributed by atoms with E-state index in [0.717, 1.165) is 12.8 Å². The summed E-state index contributed by atoms with van der Waals surface area (Å²) >= 11 is 0. The molecule has 0 aromatic heterocycles. The third kappa shape index (κ3) is 2.14. The highest BCUT2D eigenvalue weighted by molar-refractivity contribution is 5.37. The van der Waals surface area contributed by atoms with Crippen LogP contribution in [0.25, 0.3) is 0 Å². The Kier molecular flexibility index (Phi) is 4.12. The summed E-state index contributed by atoms with van der Waals surface area (Å²) in [5.41, 5.74) is 3.90. The lowest BCUT2D eigenvalue weighted by Gasteiger charge is -2.15. The van der Waals surface area contributed by atoms with Crippen LogP contribution in [0.4, 0.5) is 4.39 Å². The fourth-order valence-electron chi connectivity index (χ4n) is 1.96. The second kappa shape index (κ2) is 5.14. The highest BCUT2D eigenvalue weighted by Gasteiger charge is 2.11. The van der Waals surface area contributed by atoms with Crippen LogP contribution in [0, 0.1) is 0 Å². The highest BCUT2D eigenvalue weighted by Crippen LogP contribution is 2.24. The van der Waals surface area contributed by atoms with E-state index in [0.29, 0.717) is 0 Å². The molecule has 0 nitrogen and oxygen atoms in total. The number of aryl methyl sites for hydroxylation is 1. The van der Waals surface area contributed by atoms with Gasteiger partial charge >= 0.3 is 0 Å². The number of benzene rings is 1. The molecule has 1 rings (SSSR count). The van der Waals surface area contributed by atoms with Crippen molar-refractivity contribution >= 4 is 0 Å². The molecule has 0 aliphatic carbocycles. The molecule has 1 atom stereocenters. The van der Waals surface area contributed by atoms with Crippen LogP contribution in [-0.2, 0) is 12.8 Å². The van der Waals surface area contributed by atoms with Crippen LogP contribution in [0.3, 0.4) is 0 Å². The van der Waals surface area contributed by atoms with Crippen molar-refractivity contribution < 1.29 is 4.39 Å². The van der Waals surface area contributed by atoms with E-state index in [-0.39, 0.29) is 12.6 Å². The molecule has 0 spiro atoms. The van der Waals surface area contributed by atoms with Crippen molar-refractivity contribution in [1.82, 2.24) is 0 Å². The fraction of sp³-hybridized carbons (Fsp3) is 0.538. The van der Waals surface area contributed by atoms with Crippen LogP contribution in [0.15, 0.2) is 18.2 Å². The average Bonchev–Trinajstić information content (AvgIpc) is 2.26. The lowest BCUT2D eigenvalue weighted by Crippen LogP contribution is -2.03. The highest BCUT2D eigenvalue weighted by atomic mass is 19.1. The molecule has 0 radical (unpaired) electrons. The maximum atomic E-state index is 12.6. The van der Waals surface area contributed by atoms with Crippen LogP contribution in [0.2, 0.25) is 0 Å².